The minimum absolute atomic E-state index is 0.211. The maximum Gasteiger partial charge on any atom is 0.161 e. The third kappa shape index (κ3) is 4.46. The van der Waals surface area contributed by atoms with Crippen LogP contribution >= 0.6 is 15.9 Å². The van der Waals surface area contributed by atoms with Gasteiger partial charge in [-0.25, -0.2) is 4.39 Å². The summed E-state index contributed by atoms with van der Waals surface area (Å²) < 4.78 is 24.0. The first-order valence-corrected chi connectivity index (χ1v) is 7.94. The maximum absolute atomic E-state index is 13.0. The Bertz CT molecular complexity index is 557. The van der Waals surface area contributed by atoms with Gasteiger partial charge >= 0.3 is 0 Å². The van der Waals surface area contributed by atoms with Crippen molar-refractivity contribution in [2.24, 2.45) is 0 Å². The van der Waals surface area contributed by atoms with Gasteiger partial charge in [0.25, 0.3) is 0 Å². The first kappa shape index (κ1) is 15.8. The Hall–Kier alpha value is -1.55. The zero-order chi connectivity index (χ0) is 15.1. The molecule has 0 bridgehead atoms. The van der Waals surface area contributed by atoms with Crippen LogP contribution in [0.15, 0.2) is 48.5 Å². The predicted molar refractivity (Wildman–Crippen MR) is 86.0 cm³/mol. The van der Waals surface area contributed by atoms with Gasteiger partial charge < -0.3 is 9.47 Å². The summed E-state index contributed by atoms with van der Waals surface area (Å²) in [7, 11) is 1.63. The largest absolute Gasteiger partial charge is 0.493 e. The fourth-order valence-electron chi connectivity index (χ4n) is 2.12. The summed E-state index contributed by atoms with van der Waals surface area (Å²) in [6.07, 6.45) is 0.842. The summed E-state index contributed by atoms with van der Waals surface area (Å²) in [5, 5.41) is 0.813. The van der Waals surface area contributed by atoms with E-state index in [2.05, 4.69) is 15.9 Å². The third-order valence-electron chi connectivity index (χ3n) is 3.32. The van der Waals surface area contributed by atoms with Crippen molar-refractivity contribution in [2.45, 2.75) is 12.3 Å². The Kier molecular flexibility index (Phi) is 6.05. The Morgan fingerprint density at radius 3 is 2.33 bits per heavy atom. The molecule has 112 valence electrons. The van der Waals surface area contributed by atoms with Gasteiger partial charge in [-0.2, -0.15) is 0 Å². The first-order valence-electron chi connectivity index (χ1n) is 6.82. The molecule has 0 heterocycles. The van der Waals surface area contributed by atoms with Gasteiger partial charge in [-0.05, 0) is 42.2 Å². The van der Waals surface area contributed by atoms with E-state index in [-0.39, 0.29) is 5.82 Å². The summed E-state index contributed by atoms with van der Waals surface area (Å²) in [5.74, 6) is 1.56. The number of hydrogen-bond donors (Lipinski definition) is 0. The van der Waals surface area contributed by atoms with E-state index in [0.717, 1.165) is 28.8 Å². The van der Waals surface area contributed by atoms with Gasteiger partial charge in [-0.3, -0.25) is 0 Å². The molecule has 1 atom stereocenters. The highest BCUT2D eigenvalue weighted by Crippen LogP contribution is 2.27. The molecule has 0 N–H and O–H groups in total. The average molecular weight is 353 g/mol. The number of hydrogen-bond acceptors (Lipinski definition) is 2. The molecule has 0 aliphatic carbocycles. The van der Waals surface area contributed by atoms with Crippen LogP contribution in [-0.4, -0.2) is 19.0 Å². The van der Waals surface area contributed by atoms with Crippen LogP contribution in [0.4, 0.5) is 4.39 Å². The molecule has 2 rings (SSSR count). The normalized spacial score (nSPS) is 12.0. The van der Waals surface area contributed by atoms with E-state index in [4.69, 9.17) is 9.47 Å². The van der Waals surface area contributed by atoms with Gasteiger partial charge in [0.2, 0.25) is 0 Å². The molecule has 2 aromatic rings. The molecule has 4 heteroatoms. The molecule has 21 heavy (non-hydrogen) atoms. The smallest absolute Gasteiger partial charge is 0.161 e. The lowest BCUT2D eigenvalue weighted by atomic mass is 9.98. The van der Waals surface area contributed by atoms with Crippen LogP contribution in [-0.2, 0) is 0 Å². The first-order chi connectivity index (χ1) is 10.2. The lowest BCUT2D eigenvalue weighted by Gasteiger charge is -2.16. The molecule has 0 radical (unpaired) electrons. The molecular weight excluding hydrogens is 335 g/mol. The van der Waals surface area contributed by atoms with Crippen LogP contribution in [0.25, 0.3) is 0 Å². The van der Waals surface area contributed by atoms with E-state index < -0.39 is 0 Å². The second-order valence-electron chi connectivity index (χ2n) is 4.69. The van der Waals surface area contributed by atoms with E-state index in [1.54, 1.807) is 7.11 Å². The Labute approximate surface area is 133 Å². The molecule has 0 spiro atoms. The standard InChI is InChI=1S/C17H18BrFO2/c1-20-16-4-2-3-5-17(16)21-11-10-14(12-18)13-6-8-15(19)9-7-13/h2-9,14H,10-12H2,1H3. The second kappa shape index (κ2) is 8.03. The highest BCUT2D eigenvalue weighted by atomic mass is 79.9. The highest BCUT2D eigenvalue weighted by molar-refractivity contribution is 9.09. The average Bonchev–Trinajstić information content (AvgIpc) is 2.53. The van der Waals surface area contributed by atoms with Gasteiger partial charge in [-0.15, -0.1) is 0 Å². The van der Waals surface area contributed by atoms with Crippen molar-refractivity contribution in [3.05, 3.63) is 59.9 Å². The zero-order valence-electron chi connectivity index (χ0n) is 11.9. The number of ether oxygens (including phenoxy) is 2. The SMILES string of the molecule is COc1ccccc1OCCC(CBr)c1ccc(F)cc1. The fourth-order valence-corrected chi connectivity index (χ4v) is 2.81. The zero-order valence-corrected chi connectivity index (χ0v) is 13.5. The van der Waals surface area contributed by atoms with Crippen molar-refractivity contribution >= 4 is 15.9 Å². The van der Waals surface area contributed by atoms with Crippen molar-refractivity contribution in [3.63, 3.8) is 0 Å². The minimum Gasteiger partial charge on any atom is -0.493 e. The Balaban J connectivity index is 1.93. The van der Waals surface area contributed by atoms with E-state index in [1.165, 1.54) is 12.1 Å². The van der Waals surface area contributed by atoms with E-state index in [9.17, 15) is 4.39 Å². The molecule has 2 aromatic carbocycles. The molecule has 0 amide bonds. The van der Waals surface area contributed by atoms with Crippen LogP contribution < -0.4 is 9.47 Å². The summed E-state index contributed by atoms with van der Waals surface area (Å²) >= 11 is 3.51. The number of rotatable bonds is 7. The van der Waals surface area contributed by atoms with Crippen LogP contribution in [0, 0.1) is 5.82 Å². The number of methoxy groups -OCH3 is 1. The molecule has 0 aromatic heterocycles. The number of para-hydroxylation sites is 2. The molecule has 0 aliphatic heterocycles. The summed E-state index contributed by atoms with van der Waals surface area (Å²) in [5.41, 5.74) is 1.11. The molecule has 1 unspecified atom stereocenters. The van der Waals surface area contributed by atoms with Crippen LogP contribution in [0.3, 0.4) is 0 Å². The van der Waals surface area contributed by atoms with E-state index in [0.29, 0.717) is 12.5 Å². The maximum atomic E-state index is 13.0. The Morgan fingerprint density at radius 1 is 1.05 bits per heavy atom. The number of halogens is 2. The van der Waals surface area contributed by atoms with Gasteiger partial charge in [-0.1, -0.05) is 40.2 Å². The molecular formula is C17H18BrFO2. The van der Waals surface area contributed by atoms with Crippen LogP contribution in [0.1, 0.15) is 17.9 Å². The van der Waals surface area contributed by atoms with Crippen molar-refractivity contribution in [1.82, 2.24) is 0 Å². The fraction of sp³-hybridized carbons (Fsp3) is 0.294. The van der Waals surface area contributed by atoms with Gasteiger partial charge in [0.15, 0.2) is 11.5 Å². The summed E-state index contributed by atoms with van der Waals surface area (Å²) in [6.45, 7) is 0.577. The molecule has 0 saturated heterocycles. The third-order valence-corrected chi connectivity index (χ3v) is 4.10. The van der Waals surface area contributed by atoms with Crippen molar-refractivity contribution in [1.29, 1.82) is 0 Å². The monoisotopic (exact) mass is 352 g/mol. The van der Waals surface area contributed by atoms with E-state index in [1.807, 2.05) is 36.4 Å². The number of alkyl halides is 1. The highest BCUT2D eigenvalue weighted by Gasteiger charge is 2.11. The number of benzene rings is 2. The lowest BCUT2D eigenvalue weighted by molar-refractivity contribution is 0.282. The topological polar surface area (TPSA) is 18.5 Å². The molecule has 2 nitrogen and oxygen atoms in total. The molecule has 0 saturated carbocycles. The summed E-state index contributed by atoms with van der Waals surface area (Å²) in [6, 6.07) is 14.2. The Morgan fingerprint density at radius 2 is 1.71 bits per heavy atom. The van der Waals surface area contributed by atoms with Crippen LogP contribution in [0.2, 0.25) is 0 Å². The lowest BCUT2D eigenvalue weighted by Crippen LogP contribution is -2.07. The quantitative estimate of drug-likeness (QED) is 0.667. The van der Waals surface area contributed by atoms with Crippen molar-refractivity contribution < 1.29 is 13.9 Å². The second-order valence-corrected chi connectivity index (χ2v) is 5.34. The minimum atomic E-state index is -0.211. The van der Waals surface area contributed by atoms with Crippen molar-refractivity contribution in [2.75, 3.05) is 19.0 Å². The van der Waals surface area contributed by atoms with Gasteiger partial charge in [0, 0.05) is 5.33 Å². The van der Waals surface area contributed by atoms with Gasteiger partial charge in [0.1, 0.15) is 5.82 Å². The van der Waals surface area contributed by atoms with Gasteiger partial charge in [0.05, 0.1) is 13.7 Å². The van der Waals surface area contributed by atoms with Crippen molar-refractivity contribution in [3.8, 4) is 11.5 Å². The molecule has 0 aliphatic rings. The summed E-state index contributed by atoms with van der Waals surface area (Å²) in [4.78, 5) is 0. The van der Waals surface area contributed by atoms with Crippen LogP contribution in [0.5, 0.6) is 11.5 Å². The molecule has 0 fully saturated rings. The predicted octanol–water partition coefficient (Wildman–Crippen LogP) is 4.78. The van der Waals surface area contributed by atoms with E-state index >= 15 is 0 Å².